The van der Waals surface area contributed by atoms with Crippen LogP contribution in [0.2, 0.25) is 0 Å². The molecule has 0 heterocycles. The van der Waals surface area contributed by atoms with Crippen LogP contribution in [0.5, 0.6) is 0 Å². The fraction of sp³-hybridized carbons (Fsp3) is 0.846. The minimum Gasteiger partial charge on any atom is -0.465 e. The molecule has 0 aliphatic heterocycles. The van der Waals surface area contributed by atoms with Crippen molar-refractivity contribution in [1.82, 2.24) is 0 Å². The third kappa shape index (κ3) is 3.20. The van der Waals surface area contributed by atoms with E-state index >= 15 is 0 Å². The summed E-state index contributed by atoms with van der Waals surface area (Å²) in [5.41, 5.74) is -0.293. The van der Waals surface area contributed by atoms with Crippen LogP contribution in [-0.4, -0.2) is 25.2 Å². The lowest BCUT2D eigenvalue weighted by Crippen LogP contribution is -2.40. The summed E-state index contributed by atoms with van der Waals surface area (Å²) in [4.78, 5) is 23.9. The number of carbonyl (C=O) groups excluding carboxylic acids is 2. The van der Waals surface area contributed by atoms with E-state index in [1.54, 1.807) is 13.8 Å². The SMILES string of the molecule is CCOC(=O)C(C(=O)OCC)C1(C)CCCC1. The van der Waals surface area contributed by atoms with E-state index in [1.807, 2.05) is 6.92 Å². The molecule has 1 saturated carbocycles. The van der Waals surface area contributed by atoms with Crippen LogP contribution in [0, 0.1) is 11.3 Å². The molecule has 17 heavy (non-hydrogen) atoms. The van der Waals surface area contributed by atoms with Crippen LogP contribution in [0.15, 0.2) is 0 Å². The highest BCUT2D eigenvalue weighted by Gasteiger charge is 2.47. The molecule has 1 fully saturated rings. The van der Waals surface area contributed by atoms with Gasteiger partial charge in [0.2, 0.25) is 0 Å². The fourth-order valence-corrected chi connectivity index (χ4v) is 2.59. The smallest absolute Gasteiger partial charge is 0.320 e. The van der Waals surface area contributed by atoms with Gasteiger partial charge in [-0.15, -0.1) is 0 Å². The number of hydrogen-bond acceptors (Lipinski definition) is 4. The van der Waals surface area contributed by atoms with Gasteiger partial charge >= 0.3 is 11.9 Å². The molecule has 4 nitrogen and oxygen atoms in total. The predicted octanol–water partition coefficient (Wildman–Crippen LogP) is 2.31. The Bertz CT molecular complexity index is 261. The average molecular weight is 242 g/mol. The van der Waals surface area contributed by atoms with Crippen LogP contribution in [-0.2, 0) is 19.1 Å². The molecular formula is C13H22O4. The van der Waals surface area contributed by atoms with Crippen molar-refractivity contribution >= 4 is 11.9 Å². The lowest BCUT2D eigenvalue weighted by atomic mass is 9.75. The molecule has 0 saturated heterocycles. The van der Waals surface area contributed by atoms with E-state index in [2.05, 4.69) is 0 Å². The monoisotopic (exact) mass is 242 g/mol. The van der Waals surface area contributed by atoms with E-state index in [4.69, 9.17) is 9.47 Å². The molecule has 98 valence electrons. The fourth-order valence-electron chi connectivity index (χ4n) is 2.59. The molecule has 0 N–H and O–H groups in total. The highest BCUT2D eigenvalue weighted by atomic mass is 16.6. The van der Waals surface area contributed by atoms with Gasteiger partial charge in [-0.1, -0.05) is 19.8 Å². The minimum absolute atomic E-state index is 0.293. The molecule has 1 aliphatic carbocycles. The lowest BCUT2D eigenvalue weighted by Gasteiger charge is -2.30. The first-order valence-corrected chi connectivity index (χ1v) is 6.38. The Labute approximate surface area is 103 Å². The Balaban J connectivity index is 2.85. The molecule has 1 rings (SSSR count). The first-order chi connectivity index (χ1) is 8.05. The Morgan fingerprint density at radius 2 is 1.47 bits per heavy atom. The normalized spacial score (nSPS) is 18.1. The number of hydrogen-bond donors (Lipinski definition) is 0. The van der Waals surface area contributed by atoms with Crippen LogP contribution in [0.25, 0.3) is 0 Å². The largest absolute Gasteiger partial charge is 0.465 e. The second-order valence-electron chi connectivity index (χ2n) is 4.80. The molecule has 0 aromatic rings. The maximum Gasteiger partial charge on any atom is 0.320 e. The quantitative estimate of drug-likeness (QED) is 0.548. The van der Waals surface area contributed by atoms with Crippen LogP contribution in [0.1, 0.15) is 46.5 Å². The van der Waals surface area contributed by atoms with Crippen molar-refractivity contribution in [3.05, 3.63) is 0 Å². The Morgan fingerprint density at radius 1 is 1.06 bits per heavy atom. The van der Waals surface area contributed by atoms with Gasteiger partial charge in [-0.3, -0.25) is 9.59 Å². The van der Waals surface area contributed by atoms with E-state index < -0.39 is 17.9 Å². The van der Waals surface area contributed by atoms with Gasteiger partial charge in [0.15, 0.2) is 5.92 Å². The standard InChI is InChI=1S/C13H22O4/c1-4-16-11(14)10(12(15)17-5-2)13(3)8-6-7-9-13/h10H,4-9H2,1-3H3. The maximum absolute atomic E-state index is 11.9. The summed E-state index contributed by atoms with van der Waals surface area (Å²) < 4.78 is 10.0. The molecule has 0 atom stereocenters. The van der Waals surface area contributed by atoms with E-state index in [0.29, 0.717) is 13.2 Å². The van der Waals surface area contributed by atoms with Crippen LogP contribution in [0.3, 0.4) is 0 Å². The van der Waals surface area contributed by atoms with Crippen LogP contribution < -0.4 is 0 Å². The number of esters is 2. The van der Waals surface area contributed by atoms with Gasteiger partial charge in [-0.05, 0) is 32.1 Å². The van der Waals surface area contributed by atoms with Gasteiger partial charge in [0, 0.05) is 0 Å². The number of rotatable bonds is 5. The van der Waals surface area contributed by atoms with Crippen molar-refractivity contribution in [3.63, 3.8) is 0 Å². The predicted molar refractivity (Wildman–Crippen MR) is 63.3 cm³/mol. The summed E-state index contributed by atoms with van der Waals surface area (Å²) in [6, 6.07) is 0. The highest BCUT2D eigenvalue weighted by Crippen LogP contribution is 2.44. The van der Waals surface area contributed by atoms with E-state index in [-0.39, 0.29) is 5.41 Å². The molecule has 0 radical (unpaired) electrons. The van der Waals surface area contributed by atoms with Crippen molar-refractivity contribution in [2.75, 3.05) is 13.2 Å². The van der Waals surface area contributed by atoms with Gasteiger partial charge in [0.25, 0.3) is 0 Å². The maximum atomic E-state index is 11.9. The first-order valence-electron chi connectivity index (χ1n) is 6.38. The summed E-state index contributed by atoms with van der Waals surface area (Å²) in [6.45, 7) is 6.07. The lowest BCUT2D eigenvalue weighted by molar-refractivity contribution is -0.167. The zero-order valence-electron chi connectivity index (χ0n) is 11.0. The zero-order valence-corrected chi connectivity index (χ0v) is 11.0. The first kappa shape index (κ1) is 14.0. The highest BCUT2D eigenvalue weighted by molar-refractivity contribution is 5.95. The van der Waals surface area contributed by atoms with Crippen molar-refractivity contribution in [2.45, 2.75) is 46.5 Å². The van der Waals surface area contributed by atoms with Crippen molar-refractivity contribution in [3.8, 4) is 0 Å². The third-order valence-corrected chi connectivity index (χ3v) is 3.49. The van der Waals surface area contributed by atoms with E-state index in [0.717, 1.165) is 25.7 Å². The third-order valence-electron chi connectivity index (χ3n) is 3.49. The summed E-state index contributed by atoms with van der Waals surface area (Å²) in [5, 5.41) is 0. The molecule has 4 heteroatoms. The summed E-state index contributed by atoms with van der Waals surface area (Å²) >= 11 is 0. The second-order valence-corrected chi connectivity index (χ2v) is 4.80. The minimum atomic E-state index is -0.759. The van der Waals surface area contributed by atoms with Crippen LogP contribution >= 0.6 is 0 Å². The number of ether oxygens (including phenoxy) is 2. The Hall–Kier alpha value is -1.06. The summed E-state index contributed by atoms with van der Waals surface area (Å²) in [5.74, 6) is -1.63. The molecule has 1 aliphatic rings. The number of carbonyl (C=O) groups is 2. The Morgan fingerprint density at radius 3 is 1.82 bits per heavy atom. The summed E-state index contributed by atoms with van der Waals surface area (Å²) in [6.07, 6.45) is 3.89. The van der Waals surface area contributed by atoms with Gasteiger partial charge < -0.3 is 9.47 Å². The van der Waals surface area contributed by atoms with Gasteiger partial charge in [0.05, 0.1) is 13.2 Å². The molecule has 0 bridgehead atoms. The van der Waals surface area contributed by atoms with Crippen molar-refractivity contribution in [1.29, 1.82) is 0 Å². The van der Waals surface area contributed by atoms with Gasteiger partial charge in [-0.2, -0.15) is 0 Å². The van der Waals surface area contributed by atoms with Crippen molar-refractivity contribution in [2.24, 2.45) is 11.3 Å². The van der Waals surface area contributed by atoms with Gasteiger partial charge in [-0.25, -0.2) is 0 Å². The van der Waals surface area contributed by atoms with Crippen molar-refractivity contribution < 1.29 is 19.1 Å². The topological polar surface area (TPSA) is 52.6 Å². The van der Waals surface area contributed by atoms with Gasteiger partial charge in [0.1, 0.15) is 0 Å². The second kappa shape index (κ2) is 6.03. The summed E-state index contributed by atoms with van der Waals surface area (Å²) in [7, 11) is 0. The molecule has 0 unspecified atom stereocenters. The molecule has 0 aromatic carbocycles. The zero-order chi connectivity index (χ0) is 12.9. The van der Waals surface area contributed by atoms with E-state index in [1.165, 1.54) is 0 Å². The average Bonchev–Trinajstić information content (AvgIpc) is 2.66. The van der Waals surface area contributed by atoms with E-state index in [9.17, 15) is 9.59 Å². The Kier molecular flexibility index (Phi) is 4.97. The molecular weight excluding hydrogens is 220 g/mol. The molecule has 0 aromatic heterocycles. The van der Waals surface area contributed by atoms with Crippen LogP contribution in [0.4, 0.5) is 0 Å². The molecule has 0 spiro atoms. The molecule has 0 amide bonds.